The summed E-state index contributed by atoms with van der Waals surface area (Å²) in [6, 6.07) is 6.31. The van der Waals surface area contributed by atoms with E-state index in [-0.39, 0.29) is 18.7 Å². The van der Waals surface area contributed by atoms with Gasteiger partial charge >= 0.3 is 12.0 Å². The molecule has 0 aliphatic rings. The first-order valence-corrected chi connectivity index (χ1v) is 7.41. The van der Waals surface area contributed by atoms with Crippen LogP contribution in [0.4, 0.5) is 10.5 Å². The minimum absolute atomic E-state index is 0.0863. The fourth-order valence-corrected chi connectivity index (χ4v) is 2.05. The second-order valence-electron chi connectivity index (χ2n) is 4.16. The number of ether oxygens (including phenoxy) is 1. The molecule has 7 heteroatoms. The van der Waals surface area contributed by atoms with Crippen LogP contribution >= 0.6 is 11.8 Å². The Morgan fingerprint density at radius 1 is 1.35 bits per heavy atom. The summed E-state index contributed by atoms with van der Waals surface area (Å²) in [5, 5.41) is 14.0. The first-order valence-electron chi connectivity index (χ1n) is 6.02. The van der Waals surface area contributed by atoms with E-state index in [0.717, 1.165) is 5.75 Å². The van der Waals surface area contributed by atoms with E-state index in [1.54, 1.807) is 36.0 Å². The highest BCUT2D eigenvalue weighted by Gasteiger charge is 2.07. The van der Waals surface area contributed by atoms with Crippen molar-refractivity contribution >= 4 is 29.4 Å². The fraction of sp³-hybridized carbons (Fsp3) is 0.385. The van der Waals surface area contributed by atoms with E-state index < -0.39 is 5.97 Å². The number of carboxylic acids is 1. The van der Waals surface area contributed by atoms with Crippen LogP contribution in [0, 0.1) is 0 Å². The Morgan fingerprint density at radius 3 is 2.55 bits per heavy atom. The molecule has 0 aliphatic heterocycles. The van der Waals surface area contributed by atoms with Crippen LogP contribution in [-0.4, -0.2) is 41.8 Å². The van der Waals surface area contributed by atoms with Crippen molar-refractivity contribution in [1.29, 1.82) is 0 Å². The van der Waals surface area contributed by atoms with Gasteiger partial charge in [-0.15, -0.1) is 0 Å². The zero-order chi connectivity index (χ0) is 15.0. The predicted octanol–water partition coefficient (Wildman–Crippen LogP) is 2.02. The van der Waals surface area contributed by atoms with Crippen LogP contribution in [0.2, 0.25) is 0 Å². The molecule has 1 aromatic carbocycles. The normalized spacial score (nSPS) is 11.5. The van der Waals surface area contributed by atoms with Gasteiger partial charge in [0.15, 0.2) is 6.61 Å². The lowest BCUT2D eigenvalue weighted by atomic mass is 10.3. The molecule has 0 saturated heterocycles. The number of carboxylic acid groups (broad SMARTS) is 1. The number of urea groups is 1. The quantitative estimate of drug-likeness (QED) is 0.717. The predicted molar refractivity (Wildman–Crippen MR) is 79.6 cm³/mol. The van der Waals surface area contributed by atoms with Crippen molar-refractivity contribution in [3.63, 3.8) is 0 Å². The minimum atomic E-state index is -1.03. The Bertz CT molecular complexity index is 450. The maximum Gasteiger partial charge on any atom is 0.341 e. The Labute approximate surface area is 121 Å². The van der Waals surface area contributed by atoms with Gasteiger partial charge in [0.05, 0.1) is 0 Å². The summed E-state index contributed by atoms with van der Waals surface area (Å²) in [4.78, 5) is 22.0. The van der Waals surface area contributed by atoms with Crippen molar-refractivity contribution in [2.24, 2.45) is 0 Å². The number of carbonyl (C=O) groups excluding carboxylic acids is 1. The van der Waals surface area contributed by atoms with Crippen molar-refractivity contribution in [2.75, 3.05) is 23.9 Å². The van der Waals surface area contributed by atoms with Gasteiger partial charge in [-0.1, -0.05) is 0 Å². The van der Waals surface area contributed by atoms with Gasteiger partial charge in [0.2, 0.25) is 0 Å². The number of thioether (sulfide) groups is 1. The monoisotopic (exact) mass is 298 g/mol. The van der Waals surface area contributed by atoms with Crippen molar-refractivity contribution in [3.05, 3.63) is 24.3 Å². The van der Waals surface area contributed by atoms with E-state index in [1.165, 1.54) is 0 Å². The van der Waals surface area contributed by atoms with Crippen LogP contribution in [0.3, 0.4) is 0 Å². The van der Waals surface area contributed by atoms with Crippen molar-refractivity contribution < 1.29 is 19.4 Å². The highest BCUT2D eigenvalue weighted by atomic mass is 32.2. The second-order valence-corrected chi connectivity index (χ2v) is 5.07. The summed E-state index contributed by atoms with van der Waals surface area (Å²) in [6.45, 7) is 1.54. The summed E-state index contributed by atoms with van der Waals surface area (Å²) < 4.78 is 4.99. The van der Waals surface area contributed by atoms with E-state index in [0.29, 0.717) is 11.4 Å². The van der Waals surface area contributed by atoms with Crippen molar-refractivity contribution in [3.8, 4) is 5.75 Å². The van der Waals surface area contributed by atoms with E-state index >= 15 is 0 Å². The lowest BCUT2D eigenvalue weighted by Gasteiger charge is -2.13. The van der Waals surface area contributed by atoms with Gasteiger partial charge in [-0.25, -0.2) is 9.59 Å². The zero-order valence-corrected chi connectivity index (χ0v) is 12.2. The molecule has 0 spiro atoms. The second kappa shape index (κ2) is 8.31. The van der Waals surface area contributed by atoms with Gasteiger partial charge in [-0.2, -0.15) is 11.8 Å². The molecule has 0 aromatic heterocycles. The third-order valence-corrected chi connectivity index (χ3v) is 3.10. The molecule has 20 heavy (non-hydrogen) atoms. The number of benzene rings is 1. The zero-order valence-electron chi connectivity index (χ0n) is 11.4. The molecule has 1 rings (SSSR count). The molecule has 3 N–H and O–H groups in total. The fourth-order valence-electron chi connectivity index (χ4n) is 1.46. The summed E-state index contributed by atoms with van der Waals surface area (Å²) >= 11 is 1.66. The van der Waals surface area contributed by atoms with Gasteiger partial charge in [-0.05, 0) is 37.4 Å². The molecule has 2 amide bonds. The van der Waals surface area contributed by atoms with Crippen LogP contribution < -0.4 is 15.4 Å². The molecule has 0 radical (unpaired) electrons. The number of amides is 2. The molecule has 0 aliphatic carbocycles. The molecule has 0 heterocycles. The molecule has 1 atom stereocenters. The Balaban J connectivity index is 2.44. The number of carbonyl (C=O) groups is 2. The summed E-state index contributed by atoms with van der Waals surface area (Å²) in [7, 11) is 0. The number of anilines is 1. The SMILES string of the molecule is CSCC(C)NC(=O)Nc1ccc(OCC(=O)O)cc1. The van der Waals surface area contributed by atoms with E-state index in [9.17, 15) is 9.59 Å². The number of aliphatic carboxylic acids is 1. The van der Waals surface area contributed by atoms with Crippen LogP contribution in [0.5, 0.6) is 5.75 Å². The lowest BCUT2D eigenvalue weighted by molar-refractivity contribution is -0.139. The first-order chi connectivity index (χ1) is 9.51. The van der Waals surface area contributed by atoms with E-state index in [1.807, 2.05) is 13.2 Å². The Morgan fingerprint density at radius 2 is 2.00 bits per heavy atom. The molecule has 1 aromatic rings. The van der Waals surface area contributed by atoms with E-state index in [4.69, 9.17) is 9.84 Å². The maximum atomic E-state index is 11.7. The first kappa shape index (κ1) is 16.2. The van der Waals surface area contributed by atoms with Gasteiger partial charge in [0.1, 0.15) is 5.75 Å². The lowest BCUT2D eigenvalue weighted by Crippen LogP contribution is -2.37. The van der Waals surface area contributed by atoms with Crippen LogP contribution in [0.25, 0.3) is 0 Å². The molecule has 0 fully saturated rings. The molecule has 110 valence electrons. The Hall–Kier alpha value is -1.89. The number of nitrogens with one attached hydrogen (secondary N) is 2. The van der Waals surface area contributed by atoms with E-state index in [2.05, 4.69) is 10.6 Å². The highest BCUT2D eigenvalue weighted by Crippen LogP contribution is 2.15. The number of hydrogen-bond acceptors (Lipinski definition) is 4. The third kappa shape index (κ3) is 6.33. The van der Waals surface area contributed by atoms with Gasteiger partial charge in [0.25, 0.3) is 0 Å². The summed E-state index contributed by atoms with van der Waals surface area (Å²) in [5.74, 6) is 0.249. The maximum absolute atomic E-state index is 11.7. The molecular formula is C13H18N2O4S. The molecule has 6 nitrogen and oxygen atoms in total. The van der Waals surface area contributed by atoms with Crippen molar-refractivity contribution in [1.82, 2.24) is 5.32 Å². The molecule has 1 unspecified atom stereocenters. The van der Waals surface area contributed by atoms with Crippen LogP contribution in [0.15, 0.2) is 24.3 Å². The standard InChI is InChI=1S/C13H18N2O4S/c1-9(8-20-2)14-13(18)15-10-3-5-11(6-4-10)19-7-12(16)17/h3-6,9H,7-8H2,1-2H3,(H,16,17)(H2,14,15,18). The smallest absolute Gasteiger partial charge is 0.341 e. The average molecular weight is 298 g/mol. The molecule has 0 saturated carbocycles. The topological polar surface area (TPSA) is 87.7 Å². The van der Waals surface area contributed by atoms with Crippen LogP contribution in [0.1, 0.15) is 6.92 Å². The van der Waals surface area contributed by atoms with Crippen molar-refractivity contribution in [2.45, 2.75) is 13.0 Å². The summed E-state index contributed by atoms with van der Waals surface area (Å²) in [5.41, 5.74) is 0.613. The average Bonchev–Trinajstić information content (AvgIpc) is 2.37. The van der Waals surface area contributed by atoms with Gasteiger partial charge < -0.3 is 20.5 Å². The van der Waals surface area contributed by atoms with Gasteiger partial charge in [0, 0.05) is 17.5 Å². The largest absolute Gasteiger partial charge is 0.482 e. The number of rotatable bonds is 7. The highest BCUT2D eigenvalue weighted by molar-refractivity contribution is 7.98. The third-order valence-electron chi connectivity index (χ3n) is 2.27. The minimum Gasteiger partial charge on any atom is -0.482 e. The van der Waals surface area contributed by atoms with Gasteiger partial charge in [-0.3, -0.25) is 0 Å². The summed E-state index contributed by atoms with van der Waals surface area (Å²) in [6.07, 6.45) is 1.98. The number of hydrogen-bond donors (Lipinski definition) is 3. The molecule has 0 bridgehead atoms. The molecular weight excluding hydrogens is 280 g/mol. The Kier molecular flexibility index (Phi) is 6.72. The van der Waals surface area contributed by atoms with Crippen LogP contribution in [-0.2, 0) is 4.79 Å².